The summed E-state index contributed by atoms with van der Waals surface area (Å²) in [7, 11) is 0. The summed E-state index contributed by atoms with van der Waals surface area (Å²) < 4.78 is 0. The van der Waals surface area contributed by atoms with E-state index in [1.165, 1.54) is 16.7 Å². The van der Waals surface area contributed by atoms with E-state index in [0.29, 0.717) is 5.92 Å². The summed E-state index contributed by atoms with van der Waals surface area (Å²) in [6, 6.07) is 16.7. The maximum absolute atomic E-state index is 12.8. The predicted octanol–water partition coefficient (Wildman–Crippen LogP) is 5.65. The smallest absolute Gasteiger partial charge is 0.308 e. The lowest BCUT2D eigenvalue weighted by atomic mass is 10.0. The summed E-state index contributed by atoms with van der Waals surface area (Å²) in [4.78, 5) is 14.7. The number of nitrogens with one attached hydrogen (secondary N) is 1. The van der Waals surface area contributed by atoms with Gasteiger partial charge in [-0.15, -0.1) is 11.8 Å². The van der Waals surface area contributed by atoms with E-state index in [0.717, 1.165) is 24.4 Å². The van der Waals surface area contributed by atoms with Gasteiger partial charge in [0.1, 0.15) is 5.37 Å². The van der Waals surface area contributed by atoms with Crippen molar-refractivity contribution in [1.82, 2.24) is 4.90 Å². The second-order valence-corrected chi connectivity index (χ2v) is 7.91. The van der Waals surface area contributed by atoms with Crippen LogP contribution in [0.15, 0.2) is 48.5 Å². The van der Waals surface area contributed by atoms with Crippen molar-refractivity contribution in [2.45, 2.75) is 38.5 Å². The van der Waals surface area contributed by atoms with E-state index < -0.39 is 0 Å². The number of benzene rings is 2. The van der Waals surface area contributed by atoms with Crippen molar-refractivity contribution < 1.29 is 4.79 Å². The number of rotatable bonds is 4. The van der Waals surface area contributed by atoms with Crippen LogP contribution < -0.4 is 5.32 Å². The number of amides is 2. The fourth-order valence-electron chi connectivity index (χ4n) is 3.06. The summed E-state index contributed by atoms with van der Waals surface area (Å²) in [6.07, 6.45) is 0.966. The number of hydrogen-bond acceptors (Lipinski definition) is 2. The molecule has 4 heteroatoms. The molecule has 2 aromatic rings. The molecule has 1 N–H and O–H groups in total. The number of aryl methyl sites for hydroxylation is 1. The molecular formula is C21H26N2OS. The highest BCUT2D eigenvalue weighted by Crippen LogP contribution is 2.38. The molecule has 1 aliphatic heterocycles. The third-order valence-electron chi connectivity index (χ3n) is 4.63. The van der Waals surface area contributed by atoms with Gasteiger partial charge in [-0.05, 0) is 41.2 Å². The van der Waals surface area contributed by atoms with Gasteiger partial charge in [-0.3, -0.25) is 0 Å². The normalized spacial score (nSPS) is 17.1. The van der Waals surface area contributed by atoms with Gasteiger partial charge < -0.3 is 10.2 Å². The van der Waals surface area contributed by atoms with Crippen molar-refractivity contribution in [3.05, 3.63) is 65.2 Å². The molecule has 0 saturated carbocycles. The molecule has 1 fully saturated rings. The number of hydrogen-bond donors (Lipinski definition) is 1. The molecular weight excluding hydrogens is 328 g/mol. The molecule has 3 nitrogen and oxygen atoms in total. The van der Waals surface area contributed by atoms with Gasteiger partial charge in [-0.25, -0.2) is 4.79 Å². The minimum absolute atomic E-state index is 0.0174. The molecule has 0 bridgehead atoms. The fourth-order valence-corrected chi connectivity index (χ4v) is 4.32. The van der Waals surface area contributed by atoms with Crippen LogP contribution in [0, 0.1) is 0 Å². The Morgan fingerprint density at radius 2 is 2.00 bits per heavy atom. The van der Waals surface area contributed by atoms with Gasteiger partial charge in [-0.2, -0.15) is 0 Å². The first-order valence-electron chi connectivity index (χ1n) is 8.96. The molecule has 3 rings (SSSR count). The maximum Gasteiger partial charge on any atom is 0.323 e. The first-order valence-corrected chi connectivity index (χ1v) is 10.0. The zero-order valence-electron chi connectivity index (χ0n) is 15.2. The van der Waals surface area contributed by atoms with Crippen LogP contribution in [0.4, 0.5) is 10.5 Å². The molecule has 0 aromatic heterocycles. The summed E-state index contributed by atoms with van der Waals surface area (Å²) in [6.45, 7) is 7.29. The van der Waals surface area contributed by atoms with Crippen molar-refractivity contribution in [2.75, 3.05) is 17.6 Å². The van der Waals surface area contributed by atoms with Gasteiger partial charge in [0.25, 0.3) is 0 Å². The molecule has 2 amide bonds. The van der Waals surface area contributed by atoms with Crippen LogP contribution in [-0.4, -0.2) is 23.2 Å². The fraction of sp³-hybridized carbons (Fsp3) is 0.381. The molecule has 1 aliphatic rings. The van der Waals surface area contributed by atoms with Gasteiger partial charge in [0.2, 0.25) is 0 Å². The van der Waals surface area contributed by atoms with Crippen LogP contribution in [-0.2, 0) is 6.42 Å². The molecule has 25 heavy (non-hydrogen) atoms. The van der Waals surface area contributed by atoms with Crippen molar-refractivity contribution in [1.29, 1.82) is 0 Å². The molecule has 1 atom stereocenters. The SMILES string of the molecule is CCc1cccc(NC(=O)N2CCS[C@@H]2c2ccc(C(C)C)cc2)c1. The average Bonchev–Trinajstić information content (AvgIpc) is 3.12. The molecule has 2 aromatic carbocycles. The van der Waals surface area contributed by atoms with E-state index in [1.54, 1.807) is 0 Å². The van der Waals surface area contributed by atoms with E-state index in [-0.39, 0.29) is 11.4 Å². The molecule has 0 radical (unpaired) electrons. The van der Waals surface area contributed by atoms with E-state index in [9.17, 15) is 4.79 Å². The number of carbonyl (C=O) groups is 1. The Hall–Kier alpha value is -1.94. The number of urea groups is 1. The Morgan fingerprint density at radius 1 is 1.24 bits per heavy atom. The second kappa shape index (κ2) is 7.96. The van der Waals surface area contributed by atoms with Crippen LogP contribution in [0.25, 0.3) is 0 Å². The van der Waals surface area contributed by atoms with E-state index >= 15 is 0 Å². The van der Waals surface area contributed by atoms with Crippen LogP contribution in [0.3, 0.4) is 0 Å². The minimum atomic E-state index is -0.0174. The van der Waals surface area contributed by atoms with Crippen LogP contribution in [0.5, 0.6) is 0 Å². The third kappa shape index (κ3) is 4.18. The number of thioether (sulfide) groups is 1. The monoisotopic (exact) mass is 354 g/mol. The zero-order chi connectivity index (χ0) is 17.8. The van der Waals surface area contributed by atoms with Crippen LogP contribution >= 0.6 is 11.8 Å². The second-order valence-electron chi connectivity index (χ2n) is 6.72. The van der Waals surface area contributed by atoms with Crippen molar-refractivity contribution in [3.63, 3.8) is 0 Å². The van der Waals surface area contributed by atoms with Gasteiger partial charge in [0.15, 0.2) is 0 Å². The standard InChI is InChI=1S/C21H26N2OS/c1-4-16-6-5-7-19(14-16)22-21(24)23-12-13-25-20(23)18-10-8-17(9-11-18)15(2)3/h5-11,14-15,20H,4,12-13H2,1-3H3,(H,22,24)/t20-/m1/s1. The first kappa shape index (κ1) is 17.9. The summed E-state index contributed by atoms with van der Waals surface area (Å²) in [5.41, 5.74) is 4.63. The van der Waals surface area contributed by atoms with Gasteiger partial charge >= 0.3 is 6.03 Å². The summed E-state index contributed by atoms with van der Waals surface area (Å²) >= 11 is 1.83. The van der Waals surface area contributed by atoms with Crippen molar-refractivity contribution in [3.8, 4) is 0 Å². The number of carbonyl (C=O) groups excluding carboxylic acids is 1. The highest BCUT2D eigenvalue weighted by molar-refractivity contribution is 7.99. The quantitative estimate of drug-likeness (QED) is 0.769. The largest absolute Gasteiger partial charge is 0.323 e. The Balaban J connectivity index is 1.73. The third-order valence-corrected chi connectivity index (χ3v) is 5.89. The van der Waals surface area contributed by atoms with Crippen molar-refractivity contribution in [2.24, 2.45) is 0 Å². The van der Waals surface area contributed by atoms with Crippen molar-refractivity contribution >= 4 is 23.5 Å². The Labute approximate surface area is 154 Å². The Morgan fingerprint density at radius 3 is 2.68 bits per heavy atom. The topological polar surface area (TPSA) is 32.3 Å². The lowest BCUT2D eigenvalue weighted by Crippen LogP contribution is -2.34. The summed E-state index contributed by atoms with van der Waals surface area (Å²) in [5.74, 6) is 1.49. The molecule has 0 spiro atoms. The first-order chi connectivity index (χ1) is 12.1. The highest BCUT2D eigenvalue weighted by atomic mass is 32.2. The van der Waals surface area contributed by atoms with E-state index in [4.69, 9.17) is 0 Å². The minimum Gasteiger partial charge on any atom is -0.308 e. The lowest BCUT2D eigenvalue weighted by Gasteiger charge is -2.25. The number of anilines is 1. The Kier molecular flexibility index (Phi) is 5.69. The Bertz CT molecular complexity index is 727. The number of nitrogens with zero attached hydrogens (tertiary/aromatic N) is 1. The van der Waals surface area contributed by atoms with E-state index in [1.807, 2.05) is 34.9 Å². The van der Waals surface area contributed by atoms with Gasteiger partial charge in [-0.1, -0.05) is 57.2 Å². The predicted molar refractivity (Wildman–Crippen MR) is 107 cm³/mol. The molecule has 1 saturated heterocycles. The average molecular weight is 355 g/mol. The van der Waals surface area contributed by atoms with Crippen LogP contribution in [0.1, 0.15) is 48.8 Å². The van der Waals surface area contributed by atoms with Gasteiger partial charge in [0.05, 0.1) is 0 Å². The maximum atomic E-state index is 12.8. The molecule has 132 valence electrons. The van der Waals surface area contributed by atoms with Gasteiger partial charge in [0, 0.05) is 18.0 Å². The van der Waals surface area contributed by atoms with Crippen LogP contribution in [0.2, 0.25) is 0 Å². The van der Waals surface area contributed by atoms with E-state index in [2.05, 4.69) is 56.4 Å². The highest BCUT2D eigenvalue weighted by Gasteiger charge is 2.30. The molecule has 0 aliphatic carbocycles. The summed E-state index contributed by atoms with van der Waals surface area (Å²) in [5, 5.41) is 3.15. The molecule has 1 heterocycles. The lowest BCUT2D eigenvalue weighted by molar-refractivity contribution is 0.214. The zero-order valence-corrected chi connectivity index (χ0v) is 16.0. The molecule has 0 unspecified atom stereocenters.